The van der Waals surface area contributed by atoms with Crippen molar-refractivity contribution in [3.05, 3.63) is 59.7 Å². The fourth-order valence-electron chi connectivity index (χ4n) is 2.66. The molecule has 144 valence electrons. The molecule has 1 atom stereocenters. The highest BCUT2D eigenvalue weighted by molar-refractivity contribution is 7.90. The molecule has 6 nitrogen and oxygen atoms in total. The Morgan fingerprint density at radius 1 is 1.11 bits per heavy atom. The Bertz CT molecular complexity index is 957. The van der Waals surface area contributed by atoms with Crippen LogP contribution in [-0.4, -0.2) is 32.5 Å². The average Bonchev–Trinajstić information content (AvgIpc) is 2.61. The molecule has 2 aromatic carbocycles. The molecule has 0 spiro atoms. The number of fused-ring (bicyclic) bond motifs is 1. The molecule has 0 fully saturated rings. The van der Waals surface area contributed by atoms with Gasteiger partial charge in [-0.1, -0.05) is 24.3 Å². The maximum absolute atomic E-state index is 12.6. The third kappa shape index (κ3) is 4.29. The molecule has 1 heterocycles. The van der Waals surface area contributed by atoms with Gasteiger partial charge in [0.15, 0.2) is 0 Å². The van der Waals surface area contributed by atoms with Gasteiger partial charge >= 0.3 is 6.18 Å². The highest BCUT2D eigenvalue weighted by atomic mass is 32.2. The maximum atomic E-state index is 12.6. The quantitative estimate of drug-likeness (QED) is 0.719. The van der Waals surface area contributed by atoms with Gasteiger partial charge in [0, 0.05) is 0 Å². The number of rotatable bonds is 5. The van der Waals surface area contributed by atoms with E-state index in [2.05, 4.69) is 15.0 Å². The van der Waals surface area contributed by atoms with Gasteiger partial charge in [0.05, 0.1) is 30.4 Å². The lowest BCUT2D eigenvalue weighted by Crippen LogP contribution is -2.35. The van der Waals surface area contributed by atoms with Crippen molar-refractivity contribution in [3.63, 3.8) is 0 Å². The summed E-state index contributed by atoms with van der Waals surface area (Å²) in [5.74, 6) is 0.124. The van der Waals surface area contributed by atoms with Crippen LogP contribution in [0.3, 0.4) is 0 Å². The van der Waals surface area contributed by atoms with Crippen LogP contribution in [0, 0.1) is 0 Å². The zero-order chi connectivity index (χ0) is 19.7. The number of hydrogen-bond acceptors (Lipinski definition) is 5. The second kappa shape index (κ2) is 7.29. The van der Waals surface area contributed by atoms with E-state index in [-0.39, 0.29) is 23.9 Å². The summed E-state index contributed by atoms with van der Waals surface area (Å²) in [6.45, 7) is -0.415. The van der Waals surface area contributed by atoms with Crippen LogP contribution in [0.5, 0.6) is 0 Å². The number of alkyl halides is 3. The summed E-state index contributed by atoms with van der Waals surface area (Å²) in [4.78, 5) is 0.0650. The van der Waals surface area contributed by atoms with E-state index in [0.29, 0.717) is 11.3 Å². The Labute approximate surface area is 153 Å². The standard InChI is InChI=1S/C17H16F3N3O3S/c18-17(19,20)12-7-5-11(6-8-12)14(10-24)21-9-16-22-13-3-1-2-4-15(13)27(25,26)23-16/h1-8,14,21,24H,9-10H2,(H,22,23). The first-order chi connectivity index (χ1) is 12.7. The number of nitrogens with zero attached hydrogens (tertiary/aromatic N) is 1. The Balaban J connectivity index is 1.73. The van der Waals surface area contributed by atoms with E-state index < -0.39 is 27.8 Å². The van der Waals surface area contributed by atoms with E-state index in [1.165, 1.54) is 18.2 Å². The summed E-state index contributed by atoms with van der Waals surface area (Å²) < 4.78 is 66.0. The first-order valence-electron chi connectivity index (χ1n) is 7.92. The van der Waals surface area contributed by atoms with Crippen LogP contribution >= 0.6 is 0 Å². The fraction of sp³-hybridized carbons (Fsp3) is 0.235. The highest BCUT2D eigenvalue weighted by Crippen LogP contribution is 2.30. The van der Waals surface area contributed by atoms with Crippen LogP contribution in [0.1, 0.15) is 17.2 Å². The topological polar surface area (TPSA) is 90.8 Å². The van der Waals surface area contributed by atoms with Gasteiger partial charge < -0.3 is 15.7 Å². The van der Waals surface area contributed by atoms with Gasteiger partial charge in [-0.3, -0.25) is 0 Å². The Morgan fingerprint density at radius 2 is 1.78 bits per heavy atom. The van der Waals surface area contributed by atoms with Crippen molar-refractivity contribution in [1.82, 2.24) is 5.32 Å². The number of halogens is 3. The molecule has 1 aliphatic heterocycles. The molecule has 1 unspecified atom stereocenters. The molecular formula is C17H16F3N3O3S. The lowest BCUT2D eigenvalue weighted by molar-refractivity contribution is -0.137. The van der Waals surface area contributed by atoms with Gasteiger partial charge in [-0.2, -0.15) is 21.6 Å². The zero-order valence-corrected chi connectivity index (χ0v) is 14.7. The zero-order valence-electron chi connectivity index (χ0n) is 13.9. The number of benzene rings is 2. The Kier molecular flexibility index (Phi) is 5.22. The third-order valence-corrected chi connectivity index (χ3v) is 5.39. The second-order valence-corrected chi connectivity index (χ2v) is 7.44. The molecule has 10 heteroatoms. The molecule has 3 N–H and O–H groups in total. The smallest absolute Gasteiger partial charge is 0.394 e. The van der Waals surface area contributed by atoms with Crippen molar-refractivity contribution in [2.75, 3.05) is 18.5 Å². The predicted molar refractivity (Wildman–Crippen MR) is 94.0 cm³/mol. The molecule has 3 rings (SSSR count). The summed E-state index contributed by atoms with van der Waals surface area (Å²) in [7, 11) is -3.83. The molecule has 0 saturated carbocycles. The summed E-state index contributed by atoms with van der Waals surface area (Å²) in [5, 5.41) is 15.3. The maximum Gasteiger partial charge on any atom is 0.416 e. The van der Waals surface area contributed by atoms with E-state index in [1.54, 1.807) is 18.2 Å². The first-order valence-corrected chi connectivity index (χ1v) is 9.36. The predicted octanol–water partition coefficient (Wildman–Crippen LogP) is 2.54. The van der Waals surface area contributed by atoms with E-state index in [4.69, 9.17) is 0 Å². The summed E-state index contributed by atoms with van der Waals surface area (Å²) >= 11 is 0. The van der Waals surface area contributed by atoms with Crippen molar-refractivity contribution in [2.45, 2.75) is 17.1 Å². The van der Waals surface area contributed by atoms with Crippen LogP contribution in [-0.2, 0) is 16.2 Å². The minimum atomic E-state index is -4.44. The molecule has 27 heavy (non-hydrogen) atoms. The summed E-state index contributed by atoms with van der Waals surface area (Å²) in [6, 6.07) is 9.99. The van der Waals surface area contributed by atoms with Crippen LogP contribution in [0.4, 0.5) is 18.9 Å². The van der Waals surface area contributed by atoms with E-state index in [9.17, 15) is 26.7 Å². The van der Waals surface area contributed by atoms with Crippen molar-refractivity contribution >= 4 is 21.5 Å². The van der Waals surface area contributed by atoms with Crippen LogP contribution in [0.25, 0.3) is 0 Å². The van der Waals surface area contributed by atoms with Gasteiger partial charge in [0.25, 0.3) is 10.0 Å². The lowest BCUT2D eigenvalue weighted by Gasteiger charge is -2.21. The molecule has 0 bridgehead atoms. The van der Waals surface area contributed by atoms with Gasteiger partial charge in [-0.15, -0.1) is 4.40 Å². The number of aliphatic hydroxyl groups excluding tert-OH is 1. The minimum absolute atomic E-state index is 0.0280. The number of amidine groups is 1. The van der Waals surface area contributed by atoms with Crippen LogP contribution in [0.2, 0.25) is 0 Å². The number of hydrogen-bond donors (Lipinski definition) is 3. The van der Waals surface area contributed by atoms with E-state index in [0.717, 1.165) is 12.1 Å². The number of aliphatic hydroxyl groups is 1. The second-order valence-electron chi connectivity index (χ2n) is 5.87. The first kappa shape index (κ1) is 19.3. The fourth-order valence-corrected chi connectivity index (χ4v) is 3.80. The average molecular weight is 399 g/mol. The highest BCUT2D eigenvalue weighted by Gasteiger charge is 2.30. The van der Waals surface area contributed by atoms with Gasteiger partial charge in [0.1, 0.15) is 10.7 Å². The minimum Gasteiger partial charge on any atom is -0.394 e. The van der Waals surface area contributed by atoms with Crippen molar-refractivity contribution < 1.29 is 26.7 Å². The number of nitrogens with one attached hydrogen (secondary N) is 2. The van der Waals surface area contributed by atoms with Gasteiger partial charge in [-0.25, -0.2) is 0 Å². The van der Waals surface area contributed by atoms with Gasteiger partial charge in [0.2, 0.25) is 0 Å². The molecule has 0 radical (unpaired) electrons. The summed E-state index contributed by atoms with van der Waals surface area (Å²) in [5.41, 5.74) is 0.0357. The molecule has 0 amide bonds. The molecule has 0 saturated heterocycles. The number of sulfonamides is 1. The SMILES string of the molecule is O=S1(=O)N=C(CNC(CO)c2ccc(C(F)(F)F)cc2)Nc2ccccc21. The molecular weight excluding hydrogens is 383 g/mol. The van der Waals surface area contributed by atoms with Crippen molar-refractivity contribution in [3.8, 4) is 0 Å². The molecule has 0 aliphatic carbocycles. The van der Waals surface area contributed by atoms with Gasteiger partial charge in [-0.05, 0) is 29.8 Å². The summed E-state index contributed by atoms with van der Waals surface area (Å²) in [6.07, 6.45) is -4.44. The van der Waals surface area contributed by atoms with Crippen LogP contribution in [0.15, 0.2) is 57.8 Å². The Morgan fingerprint density at radius 3 is 2.41 bits per heavy atom. The molecule has 1 aliphatic rings. The monoisotopic (exact) mass is 399 g/mol. The lowest BCUT2D eigenvalue weighted by atomic mass is 10.1. The van der Waals surface area contributed by atoms with Crippen molar-refractivity contribution in [2.24, 2.45) is 4.40 Å². The van der Waals surface area contributed by atoms with E-state index >= 15 is 0 Å². The normalized spacial score (nSPS) is 16.8. The largest absolute Gasteiger partial charge is 0.416 e. The molecule has 2 aromatic rings. The van der Waals surface area contributed by atoms with E-state index in [1.807, 2.05) is 0 Å². The van der Waals surface area contributed by atoms with Crippen LogP contribution < -0.4 is 10.6 Å². The number of para-hydroxylation sites is 1. The Hall–Kier alpha value is -2.43. The van der Waals surface area contributed by atoms with Crippen molar-refractivity contribution in [1.29, 1.82) is 0 Å². The third-order valence-electron chi connectivity index (χ3n) is 4.01. The molecule has 0 aromatic heterocycles. The number of anilines is 1.